The molecule has 1 atom stereocenters. The van der Waals surface area contributed by atoms with Gasteiger partial charge in [-0.15, -0.1) is 0 Å². The van der Waals surface area contributed by atoms with Crippen LogP contribution >= 0.6 is 0 Å². The van der Waals surface area contributed by atoms with Crippen LogP contribution in [0.15, 0.2) is 24.4 Å². The van der Waals surface area contributed by atoms with Crippen LogP contribution < -0.4 is 4.74 Å². The summed E-state index contributed by atoms with van der Waals surface area (Å²) >= 11 is 0. The first kappa shape index (κ1) is 22.5. The minimum absolute atomic E-state index is 0.646. The number of hydrogen-bond donors (Lipinski definition) is 0. The normalized spacial score (nSPS) is 12.7. The molecular formula is C21H30N2O6. The van der Waals surface area contributed by atoms with E-state index < -0.39 is 24.1 Å². The number of nitrogens with zero attached hydrogens (tertiary/aromatic N) is 2. The first-order chi connectivity index (χ1) is 13.5. The number of fused-ring (bicyclic) bond motifs is 1. The summed E-state index contributed by atoms with van der Waals surface area (Å²) in [5, 5.41) is 0.906. The van der Waals surface area contributed by atoms with Crippen molar-refractivity contribution < 1.29 is 28.5 Å². The summed E-state index contributed by atoms with van der Waals surface area (Å²) in [5.74, 6) is 0.705. The molecule has 1 unspecified atom stereocenters. The van der Waals surface area contributed by atoms with Crippen LogP contribution in [-0.4, -0.2) is 61.4 Å². The van der Waals surface area contributed by atoms with Crippen molar-refractivity contribution in [3.05, 3.63) is 30.0 Å². The van der Waals surface area contributed by atoms with Gasteiger partial charge in [-0.1, -0.05) is 0 Å². The Kier molecular flexibility index (Phi) is 7.13. The first-order valence-corrected chi connectivity index (χ1v) is 9.43. The number of hydrogen-bond acceptors (Lipinski definition) is 7. The van der Waals surface area contributed by atoms with E-state index in [2.05, 4.69) is 4.90 Å². The molecule has 1 heterocycles. The van der Waals surface area contributed by atoms with Crippen molar-refractivity contribution in [3.8, 4) is 5.75 Å². The number of ether oxygens (including phenoxy) is 4. The van der Waals surface area contributed by atoms with E-state index in [1.165, 1.54) is 11.5 Å². The highest BCUT2D eigenvalue weighted by molar-refractivity contribution is 5.92. The van der Waals surface area contributed by atoms with Gasteiger partial charge < -0.3 is 23.8 Å². The Bertz CT molecular complexity index is 866. The first-order valence-electron chi connectivity index (χ1n) is 9.43. The third-order valence-electron chi connectivity index (χ3n) is 4.04. The van der Waals surface area contributed by atoms with Crippen LogP contribution in [0.25, 0.3) is 10.9 Å². The summed E-state index contributed by atoms with van der Waals surface area (Å²) < 4.78 is 22.1. The zero-order valence-corrected chi connectivity index (χ0v) is 18.1. The lowest BCUT2D eigenvalue weighted by Gasteiger charge is -2.21. The zero-order valence-electron chi connectivity index (χ0n) is 18.1. The van der Waals surface area contributed by atoms with E-state index in [4.69, 9.17) is 18.9 Å². The molecule has 0 saturated carbocycles. The number of benzene rings is 1. The van der Waals surface area contributed by atoms with E-state index in [0.717, 1.165) is 23.9 Å². The molecule has 0 spiro atoms. The van der Waals surface area contributed by atoms with Crippen molar-refractivity contribution in [2.45, 2.75) is 46.0 Å². The predicted molar refractivity (Wildman–Crippen MR) is 109 cm³/mol. The van der Waals surface area contributed by atoms with Crippen LogP contribution in [0, 0.1) is 0 Å². The molecule has 8 nitrogen and oxygen atoms in total. The number of likely N-dealkylation sites (N-methyl/N-ethyl adjacent to an activating group) is 1. The van der Waals surface area contributed by atoms with Gasteiger partial charge in [-0.3, -0.25) is 4.57 Å². The van der Waals surface area contributed by atoms with Crippen LogP contribution in [-0.2, 0) is 20.6 Å². The monoisotopic (exact) mass is 406 g/mol. The minimum Gasteiger partial charge on any atom is -0.497 e. The van der Waals surface area contributed by atoms with Crippen LogP contribution in [0.2, 0.25) is 0 Å². The maximum Gasteiger partial charge on any atom is 0.511 e. The number of carbonyl (C=O) groups excluding carboxylic acids is 2. The Morgan fingerprint density at radius 3 is 2.45 bits per heavy atom. The lowest BCUT2D eigenvalue weighted by molar-refractivity contribution is -0.0922. The maximum absolute atomic E-state index is 12.7. The third-order valence-corrected chi connectivity index (χ3v) is 4.04. The average molecular weight is 406 g/mol. The topological polar surface area (TPSA) is 79.2 Å². The van der Waals surface area contributed by atoms with Crippen molar-refractivity contribution >= 4 is 23.2 Å². The van der Waals surface area contributed by atoms with Crippen LogP contribution in [0.5, 0.6) is 5.75 Å². The van der Waals surface area contributed by atoms with Crippen molar-refractivity contribution in [2.24, 2.45) is 0 Å². The van der Waals surface area contributed by atoms with E-state index >= 15 is 0 Å². The Labute approximate surface area is 171 Å². The minimum atomic E-state index is -1.10. The number of methoxy groups -OCH3 is 1. The van der Waals surface area contributed by atoms with Gasteiger partial charge in [0.05, 0.1) is 12.6 Å². The van der Waals surface area contributed by atoms with E-state index in [0.29, 0.717) is 11.3 Å². The highest BCUT2D eigenvalue weighted by Crippen LogP contribution is 2.27. The molecule has 8 heteroatoms. The van der Waals surface area contributed by atoms with E-state index in [-0.39, 0.29) is 0 Å². The highest BCUT2D eigenvalue weighted by Gasteiger charge is 2.23. The molecule has 2 aromatic rings. The standard InChI is InChI=1S/C21H30N2O6/c1-14(28-20(25)29-21(2,3)4)27-19(24)23-13-15(10-11-22(5)6)17-12-16(26-7)8-9-18(17)23/h8-9,12-14H,10-11H2,1-7H3. The van der Waals surface area contributed by atoms with E-state index in [1.54, 1.807) is 46.2 Å². The maximum atomic E-state index is 12.7. The summed E-state index contributed by atoms with van der Waals surface area (Å²) in [7, 11) is 5.58. The van der Waals surface area contributed by atoms with Crippen molar-refractivity contribution in [3.63, 3.8) is 0 Å². The van der Waals surface area contributed by atoms with Gasteiger partial charge in [-0.25, -0.2) is 9.59 Å². The van der Waals surface area contributed by atoms with Gasteiger partial charge in [0.15, 0.2) is 0 Å². The molecule has 29 heavy (non-hydrogen) atoms. The van der Waals surface area contributed by atoms with E-state index in [1.807, 2.05) is 20.2 Å². The van der Waals surface area contributed by atoms with Gasteiger partial charge in [0, 0.05) is 25.1 Å². The van der Waals surface area contributed by atoms with Gasteiger partial charge in [-0.2, -0.15) is 0 Å². The van der Waals surface area contributed by atoms with Crippen LogP contribution in [0.3, 0.4) is 0 Å². The fourth-order valence-electron chi connectivity index (χ4n) is 2.73. The molecule has 0 N–H and O–H groups in total. The molecule has 0 fully saturated rings. The molecule has 2 rings (SSSR count). The largest absolute Gasteiger partial charge is 0.511 e. The summed E-state index contributed by atoms with van der Waals surface area (Å²) in [6.45, 7) is 7.45. The quantitative estimate of drug-likeness (QED) is 0.529. The van der Waals surface area contributed by atoms with Crippen molar-refractivity contribution in [2.75, 3.05) is 27.7 Å². The van der Waals surface area contributed by atoms with Crippen molar-refractivity contribution in [1.82, 2.24) is 9.47 Å². The smallest absolute Gasteiger partial charge is 0.497 e. The van der Waals surface area contributed by atoms with Crippen LogP contribution in [0.4, 0.5) is 9.59 Å². The van der Waals surface area contributed by atoms with Crippen LogP contribution in [0.1, 0.15) is 33.3 Å². The van der Waals surface area contributed by atoms with Gasteiger partial charge in [-0.05, 0) is 65.0 Å². The second-order valence-electron chi connectivity index (χ2n) is 7.99. The SMILES string of the molecule is COc1ccc2c(c1)c(CCN(C)C)cn2C(=O)OC(C)OC(=O)OC(C)(C)C. The summed E-state index contributed by atoms with van der Waals surface area (Å²) in [5.41, 5.74) is 0.983. The lowest BCUT2D eigenvalue weighted by Crippen LogP contribution is -2.29. The summed E-state index contributed by atoms with van der Waals surface area (Å²) in [6, 6.07) is 5.47. The molecule has 0 saturated heterocycles. The molecule has 1 aromatic carbocycles. The molecule has 1 aromatic heterocycles. The summed E-state index contributed by atoms with van der Waals surface area (Å²) in [4.78, 5) is 26.5. The Hall–Kier alpha value is -2.74. The number of rotatable bonds is 6. The van der Waals surface area contributed by atoms with E-state index in [9.17, 15) is 9.59 Å². The molecule has 0 radical (unpaired) electrons. The molecule has 0 bridgehead atoms. The van der Waals surface area contributed by atoms with Gasteiger partial charge >= 0.3 is 12.2 Å². The highest BCUT2D eigenvalue weighted by atomic mass is 16.8. The number of carbonyl (C=O) groups is 2. The Balaban J connectivity index is 2.20. The molecule has 0 aliphatic carbocycles. The summed E-state index contributed by atoms with van der Waals surface area (Å²) in [6.07, 6.45) is -0.144. The molecule has 0 amide bonds. The number of aromatic nitrogens is 1. The predicted octanol–water partition coefficient (Wildman–Crippen LogP) is 4.04. The molecule has 0 aliphatic rings. The van der Waals surface area contributed by atoms with Gasteiger partial charge in [0.25, 0.3) is 0 Å². The third kappa shape index (κ3) is 6.39. The van der Waals surface area contributed by atoms with Gasteiger partial charge in [0.2, 0.25) is 6.29 Å². The zero-order chi connectivity index (χ0) is 21.8. The Morgan fingerprint density at radius 1 is 1.17 bits per heavy atom. The van der Waals surface area contributed by atoms with Gasteiger partial charge in [0.1, 0.15) is 11.4 Å². The molecule has 0 aliphatic heterocycles. The lowest BCUT2D eigenvalue weighted by atomic mass is 10.1. The fraction of sp³-hybridized carbons (Fsp3) is 0.524. The second-order valence-corrected chi connectivity index (χ2v) is 7.99. The Morgan fingerprint density at radius 2 is 1.86 bits per heavy atom. The average Bonchev–Trinajstić information content (AvgIpc) is 2.95. The van der Waals surface area contributed by atoms with Crippen molar-refractivity contribution in [1.29, 1.82) is 0 Å². The fourth-order valence-corrected chi connectivity index (χ4v) is 2.73. The second kappa shape index (κ2) is 9.17. The molecular weight excluding hydrogens is 376 g/mol. The molecule has 160 valence electrons.